The Balaban J connectivity index is 2.03. The summed E-state index contributed by atoms with van der Waals surface area (Å²) in [7, 11) is 0. The highest BCUT2D eigenvalue weighted by Gasteiger charge is 2.34. The Morgan fingerprint density at radius 3 is 2.75 bits per heavy atom. The maximum atomic E-state index is 12.3. The van der Waals surface area contributed by atoms with Crippen molar-refractivity contribution >= 4 is 23.6 Å². The van der Waals surface area contributed by atoms with E-state index in [1.807, 2.05) is 30.3 Å². The van der Waals surface area contributed by atoms with Gasteiger partial charge in [-0.15, -0.1) is 0 Å². The number of rotatable bonds is 4. The van der Waals surface area contributed by atoms with E-state index in [-0.39, 0.29) is 5.91 Å². The number of aliphatic carboxylic acids is 1. The molecule has 0 bridgehead atoms. The fourth-order valence-electron chi connectivity index (χ4n) is 2.24. The molecule has 0 spiro atoms. The van der Waals surface area contributed by atoms with Gasteiger partial charge in [0.05, 0.1) is 6.04 Å². The van der Waals surface area contributed by atoms with Gasteiger partial charge in [-0.1, -0.05) is 30.3 Å². The quantitative estimate of drug-likeness (QED) is 0.849. The van der Waals surface area contributed by atoms with Gasteiger partial charge in [0.1, 0.15) is 6.04 Å². The Bertz CT molecular complexity index is 481. The summed E-state index contributed by atoms with van der Waals surface area (Å²) in [6, 6.07) is 8.06. The Morgan fingerprint density at radius 1 is 1.40 bits per heavy atom. The molecule has 1 aliphatic rings. The smallest absolute Gasteiger partial charge is 0.327 e. The van der Waals surface area contributed by atoms with Crippen molar-refractivity contribution in [3.63, 3.8) is 0 Å². The minimum atomic E-state index is -0.961. The highest BCUT2D eigenvalue weighted by atomic mass is 32.2. The van der Waals surface area contributed by atoms with Gasteiger partial charge in [0.2, 0.25) is 5.91 Å². The molecule has 1 fully saturated rings. The minimum Gasteiger partial charge on any atom is -0.480 e. The van der Waals surface area contributed by atoms with Gasteiger partial charge >= 0.3 is 5.97 Å². The van der Waals surface area contributed by atoms with Gasteiger partial charge in [-0.2, -0.15) is 11.8 Å². The van der Waals surface area contributed by atoms with E-state index < -0.39 is 18.1 Å². The number of benzene rings is 1. The minimum absolute atomic E-state index is 0.276. The van der Waals surface area contributed by atoms with Gasteiger partial charge in [0.15, 0.2) is 0 Å². The Morgan fingerprint density at radius 2 is 2.10 bits per heavy atom. The number of amides is 1. The number of nitrogens with two attached hydrogens (primary N) is 1. The van der Waals surface area contributed by atoms with Crippen LogP contribution in [0.25, 0.3) is 0 Å². The molecule has 1 aliphatic heterocycles. The standard InChI is InChI=1S/C14H18N2O3S/c15-11(8-10-4-2-1-3-5-10)13(17)16-6-7-20-9-12(16)14(18)19/h1-5,11-12H,6-9,15H2,(H,18,19)/t11-,12?/m0/s1. The average molecular weight is 294 g/mol. The predicted molar refractivity (Wildman–Crippen MR) is 78.6 cm³/mol. The molecule has 1 aromatic rings. The first-order chi connectivity index (χ1) is 9.59. The highest BCUT2D eigenvalue weighted by molar-refractivity contribution is 7.99. The molecule has 1 saturated heterocycles. The maximum Gasteiger partial charge on any atom is 0.327 e. The fraction of sp³-hybridized carbons (Fsp3) is 0.429. The molecular weight excluding hydrogens is 276 g/mol. The molecule has 108 valence electrons. The van der Waals surface area contributed by atoms with Gasteiger partial charge in [-0.25, -0.2) is 4.79 Å². The van der Waals surface area contributed by atoms with Crippen LogP contribution in [0.1, 0.15) is 5.56 Å². The van der Waals surface area contributed by atoms with E-state index in [4.69, 9.17) is 5.73 Å². The molecule has 1 aromatic carbocycles. The SMILES string of the molecule is N[C@@H](Cc1ccccc1)C(=O)N1CCSCC1C(=O)O. The van der Waals surface area contributed by atoms with Crippen molar-refractivity contribution in [3.05, 3.63) is 35.9 Å². The largest absolute Gasteiger partial charge is 0.480 e. The number of carboxylic acid groups (broad SMARTS) is 1. The van der Waals surface area contributed by atoms with Crippen molar-refractivity contribution in [2.75, 3.05) is 18.1 Å². The second kappa shape index (κ2) is 6.76. The summed E-state index contributed by atoms with van der Waals surface area (Å²) < 4.78 is 0. The van der Waals surface area contributed by atoms with Crippen molar-refractivity contribution in [2.24, 2.45) is 5.73 Å². The highest BCUT2D eigenvalue weighted by Crippen LogP contribution is 2.18. The van der Waals surface area contributed by atoms with Crippen molar-refractivity contribution in [1.82, 2.24) is 4.90 Å². The fourth-order valence-corrected chi connectivity index (χ4v) is 3.28. The second-order valence-corrected chi connectivity index (χ2v) is 5.91. The Kier molecular flexibility index (Phi) is 5.03. The van der Waals surface area contributed by atoms with Crippen LogP contribution in [-0.2, 0) is 16.0 Å². The predicted octanol–water partition coefficient (Wildman–Crippen LogP) is 0.585. The van der Waals surface area contributed by atoms with Crippen LogP contribution in [0.2, 0.25) is 0 Å². The van der Waals surface area contributed by atoms with Crippen LogP contribution >= 0.6 is 11.8 Å². The summed E-state index contributed by atoms with van der Waals surface area (Å²) >= 11 is 1.55. The van der Waals surface area contributed by atoms with E-state index in [1.54, 1.807) is 11.8 Å². The zero-order valence-electron chi connectivity index (χ0n) is 11.1. The van der Waals surface area contributed by atoms with E-state index in [0.717, 1.165) is 11.3 Å². The van der Waals surface area contributed by atoms with Crippen LogP contribution in [0, 0.1) is 0 Å². The lowest BCUT2D eigenvalue weighted by molar-refractivity contribution is -0.149. The molecule has 1 unspecified atom stereocenters. The topological polar surface area (TPSA) is 83.6 Å². The summed E-state index contributed by atoms with van der Waals surface area (Å²) in [6.45, 7) is 0.447. The Hall–Kier alpha value is -1.53. The van der Waals surface area contributed by atoms with Crippen LogP contribution in [0.4, 0.5) is 0 Å². The van der Waals surface area contributed by atoms with E-state index in [9.17, 15) is 14.7 Å². The summed E-state index contributed by atoms with van der Waals surface area (Å²) in [5.74, 6) is -0.0498. The first kappa shape index (κ1) is 14.9. The lowest BCUT2D eigenvalue weighted by atomic mass is 10.0. The number of nitrogens with zero attached hydrogens (tertiary/aromatic N) is 1. The van der Waals surface area contributed by atoms with Crippen LogP contribution < -0.4 is 5.73 Å². The number of carbonyl (C=O) groups excluding carboxylic acids is 1. The molecule has 0 saturated carbocycles. The number of thioether (sulfide) groups is 1. The molecule has 2 atom stereocenters. The first-order valence-electron chi connectivity index (χ1n) is 6.50. The van der Waals surface area contributed by atoms with Crippen LogP contribution in [0.5, 0.6) is 0 Å². The van der Waals surface area contributed by atoms with Crippen molar-refractivity contribution in [1.29, 1.82) is 0 Å². The zero-order chi connectivity index (χ0) is 14.5. The summed E-state index contributed by atoms with van der Waals surface area (Å²) in [5, 5.41) is 9.18. The van der Waals surface area contributed by atoms with Gasteiger partial charge in [-0.05, 0) is 12.0 Å². The molecule has 0 aromatic heterocycles. The molecule has 3 N–H and O–H groups in total. The normalized spacial score (nSPS) is 20.4. The van der Waals surface area contributed by atoms with Crippen molar-refractivity contribution in [3.8, 4) is 0 Å². The molecule has 6 heteroatoms. The summed E-state index contributed by atoms with van der Waals surface area (Å²) in [5.41, 5.74) is 6.93. The number of carbonyl (C=O) groups is 2. The number of hydrogen-bond donors (Lipinski definition) is 2. The van der Waals surface area contributed by atoms with Crippen LogP contribution in [0.15, 0.2) is 30.3 Å². The van der Waals surface area contributed by atoms with Gasteiger partial charge in [0, 0.05) is 18.1 Å². The molecule has 5 nitrogen and oxygen atoms in total. The number of hydrogen-bond acceptors (Lipinski definition) is 4. The third-order valence-corrected chi connectivity index (χ3v) is 4.33. The van der Waals surface area contributed by atoms with E-state index in [2.05, 4.69) is 0 Å². The van der Waals surface area contributed by atoms with E-state index in [0.29, 0.717) is 18.7 Å². The van der Waals surface area contributed by atoms with Crippen molar-refractivity contribution in [2.45, 2.75) is 18.5 Å². The van der Waals surface area contributed by atoms with Gasteiger partial charge in [0.25, 0.3) is 0 Å². The zero-order valence-corrected chi connectivity index (χ0v) is 11.9. The van der Waals surface area contributed by atoms with E-state index in [1.165, 1.54) is 4.90 Å². The Labute approximate surface area is 122 Å². The van der Waals surface area contributed by atoms with Crippen LogP contribution in [-0.4, -0.2) is 52.0 Å². The molecule has 0 aliphatic carbocycles. The molecule has 0 radical (unpaired) electrons. The van der Waals surface area contributed by atoms with Crippen LogP contribution in [0.3, 0.4) is 0 Å². The molecule has 20 heavy (non-hydrogen) atoms. The lowest BCUT2D eigenvalue weighted by Gasteiger charge is -2.34. The molecule has 1 amide bonds. The van der Waals surface area contributed by atoms with Gasteiger partial charge < -0.3 is 15.7 Å². The van der Waals surface area contributed by atoms with E-state index >= 15 is 0 Å². The molecule has 2 rings (SSSR count). The summed E-state index contributed by atoms with van der Waals surface area (Å²) in [6.07, 6.45) is 0.426. The monoisotopic (exact) mass is 294 g/mol. The lowest BCUT2D eigenvalue weighted by Crippen LogP contribution is -2.55. The van der Waals surface area contributed by atoms with Crippen molar-refractivity contribution < 1.29 is 14.7 Å². The molecule has 1 heterocycles. The first-order valence-corrected chi connectivity index (χ1v) is 7.65. The second-order valence-electron chi connectivity index (χ2n) is 4.76. The third kappa shape index (κ3) is 3.52. The van der Waals surface area contributed by atoms with Gasteiger partial charge in [-0.3, -0.25) is 4.79 Å². The third-order valence-electron chi connectivity index (χ3n) is 3.31. The maximum absolute atomic E-state index is 12.3. The number of carboxylic acids is 1. The average Bonchev–Trinajstić information content (AvgIpc) is 2.47. The summed E-state index contributed by atoms with van der Waals surface area (Å²) in [4.78, 5) is 25.0. The molecular formula is C14H18N2O3S.